The van der Waals surface area contributed by atoms with E-state index >= 15 is 0 Å². The van der Waals surface area contributed by atoms with Crippen LogP contribution in [0.2, 0.25) is 5.54 Å². The second-order valence-electron chi connectivity index (χ2n) is 4.30. The van der Waals surface area contributed by atoms with E-state index in [0.717, 1.165) is 0 Å². The Labute approximate surface area is 84.1 Å². The van der Waals surface area contributed by atoms with Crippen molar-refractivity contribution in [1.29, 1.82) is 0 Å². The van der Waals surface area contributed by atoms with Crippen LogP contribution in [-0.4, -0.2) is 8.07 Å². The molecule has 13 heavy (non-hydrogen) atoms. The zero-order valence-corrected chi connectivity index (χ0v) is 10.7. The van der Waals surface area contributed by atoms with Crippen molar-refractivity contribution in [3.8, 4) is 0 Å². The predicted molar refractivity (Wildman–Crippen MR) is 65.3 cm³/mol. The first-order valence-electron chi connectivity index (χ1n) is 4.75. The highest BCUT2D eigenvalue weighted by Gasteiger charge is 2.39. The van der Waals surface area contributed by atoms with Gasteiger partial charge in [-0.1, -0.05) is 29.4 Å². The highest BCUT2D eigenvalue weighted by Crippen LogP contribution is 2.37. The normalized spacial score (nSPS) is 11.5. The molecule has 0 N–H and O–H groups in total. The van der Waals surface area contributed by atoms with Crippen LogP contribution in [0.15, 0.2) is 35.3 Å². The highest BCUT2D eigenvalue weighted by atomic mass is 28.3. The van der Waals surface area contributed by atoms with E-state index in [-0.39, 0.29) is 0 Å². The molecule has 0 spiro atoms. The molecule has 0 fully saturated rings. The third-order valence-corrected chi connectivity index (χ3v) is 8.66. The highest BCUT2D eigenvalue weighted by molar-refractivity contribution is 6.98. The first-order chi connectivity index (χ1) is 5.77. The van der Waals surface area contributed by atoms with E-state index in [9.17, 15) is 0 Å². The van der Waals surface area contributed by atoms with Gasteiger partial charge in [-0.25, -0.2) is 0 Å². The summed E-state index contributed by atoms with van der Waals surface area (Å²) in [6.07, 6.45) is 0. The van der Waals surface area contributed by atoms with Crippen molar-refractivity contribution in [3.05, 3.63) is 35.3 Å². The third-order valence-electron chi connectivity index (χ3n) is 2.89. The Morgan fingerprint density at radius 2 is 1.08 bits per heavy atom. The predicted octanol–water partition coefficient (Wildman–Crippen LogP) is 4.19. The van der Waals surface area contributed by atoms with Gasteiger partial charge in [-0.15, -0.1) is 19.7 Å². The van der Waals surface area contributed by atoms with Crippen molar-refractivity contribution in [2.75, 3.05) is 0 Å². The number of hydrogen-bond acceptors (Lipinski definition) is 0. The molecule has 0 bridgehead atoms. The molecule has 0 aliphatic carbocycles. The fraction of sp³-hybridized carbons (Fsp3) is 0.500. The van der Waals surface area contributed by atoms with E-state index in [2.05, 4.69) is 54.4 Å². The number of allylic oxidation sites excluding steroid dienone is 3. The fourth-order valence-electron chi connectivity index (χ4n) is 2.57. The second kappa shape index (κ2) is 4.10. The molecule has 0 aliphatic rings. The fourth-order valence-corrected chi connectivity index (χ4v) is 7.71. The van der Waals surface area contributed by atoms with Crippen LogP contribution >= 0.6 is 0 Å². The van der Waals surface area contributed by atoms with E-state index < -0.39 is 8.07 Å². The summed E-state index contributed by atoms with van der Waals surface area (Å²) in [6.45, 7) is 23.3. The molecule has 0 nitrogen and oxygen atoms in total. The summed E-state index contributed by atoms with van der Waals surface area (Å²) < 4.78 is 0. The maximum atomic E-state index is 4.13. The molecule has 0 aromatic heterocycles. The summed E-state index contributed by atoms with van der Waals surface area (Å²) in [5, 5.41) is 3.84. The quantitative estimate of drug-likeness (QED) is 0.589. The van der Waals surface area contributed by atoms with Gasteiger partial charge in [0.25, 0.3) is 0 Å². The Morgan fingerprint density at radius 3 is 1.08 bits per heavy atom. The van der Waals surface area contributed by atoms with Gasteiger partial charge in [0, 0.05) is 0 Å². The van der Waals surface area contributed by atoms with Crippen molar-refractivity contribution in [1.82, 2.24) is 0 Å². The van der Waals surface area contributed by atoms with Gasteiger partial charge in [0.05, 0.1) is 0 Å². The average molecular weight is 194 g/mol. The lowest BCUT2D eigenvalue weighted by Crippen LogP contribution is -2.42. The van der Waals surface area contributed by atoms with Crippen LogP contribution < -0.4 is 0 Å². The van der Waals surface area contributed by atoms with Crippen molar-refractivity contribution >= 4 is 8.07 Å². The van der Waals surface area contributed by atoms with Crippen LogP contribution in [0.3, 0.4) is 0 Å². The van der Waals surface area contributed by atoms with Crippen LogP contribution in [0.1, 0.15) is 34.6 Å². The lowest BCUT2D eigenvalue weighted by atomic mass is 10.5. The maximum absolute atomic E-state index is 4.13. The Kier molecular flexibility index (Phi) is 3.92. The van der Waals surface area contributed by atoms with Crippen LogP contribution in [0, 0.1) is 0 Å². The first kappa shape index (κ1) is 12.4. The summed E-state index contributed by atoms with van der Waals surface area (Å²) >= 11 is 0. The zero-order chi connectivity index (χ0) is 10.8. The summed E-state index contributed by atoms with van der Waals surface area (Å²) in [4.78, 5) is 0. The third kappa shape index (κ3) is 1.85. The van der Waals surface area contributed by atoms with E-state index in [1.165, 1.54) is 15.6 Å². The molecule has 0 aromatic rings. The van der Waals surface area contributed by atoms with E-state index in [0.29, 0.717) is 5.54 Å². The SMILES string of the molecule is C=C(C)[Si](C(=C)C)(C(=C)C)C(C)C. The molecule has 74 valence electrons. The van der Waals surface area contributed by atoms with E-state index in [1.807, 2.05) is 0 Å². The second-order valence-corrected chi connectivity index (χ2v) is 9.64. The van der Waals surface area contributed by atoms with Crippen LogP contribution in [0.25, 0.3) is 0 Å². The van der Waals surface area contributed by atoms with Crippen LogP contribution in [0.4, 0.5) is 0 Å². The summed E-state index contributed by atoms with van der Waals surface area (Å²) in [7, 11) is -1.69. The molecule has 0 radical (unpaired) electrons. The molecule has 0 saturated carbocycles. The summed E-state index contributed by atoms with van der Waals surface area (Å²) in [5.41, 5.74) is 0.611. The molecular formula is C12H22Si. The zero-order valence-electron chi connectivity index (χ0n) is 9.70. The lowest BCUT2D eigenvalue weighted by molar-refractivity contribution is 1.01. The van der Waals surface area contributed by atoms with Crippen molar-refractivity contribution in [3.63, 3.8) is 0 Å². The van der Waals surface area contributed by atoms with Gasteiger partial charge in [0.15, 0.2) is 0 Å². The molecule has 0 heterocycles. The standard InChI is InChI=1S/C12H22Si/c1-9(2)13(10(3)4,11(5)6)12(7)8/h12H,1,3,5H2,2,4,6-8H3. The minimum absolute atomic E-state index is 0.611. The lowest BCUT2D eigenvalue weighted by Gasteiger charge is -2.37. The molecule has 0 rings (SSSR count). The Morgan fingerprint density at radius 1 is 0.846 bits per heavy atom. The Hall–Kier alpha value is -0.563. The Bertz CT molecular complexity index is 210. The molecular weight excluding hydrogens is 172 g/mol. The van der Waals surface area contributed by atoms with Gasteiger partial charge in [-0.2, -0.15) is 0 Å². The minimum Gasteiger partial charge on any atom is -0.103 e. The topological polar surface area (TPSA) is 0 Å². The largest absolute Gasteiger partial charge is 0.135 e. The van der Waals surface area contributed by atoms with Crippen molar-refractivity contribution < 1.29 is 0 Å². The maximum Gasteiger partial charge on any atom is 0.135 e. The molecule has 1 heteroatoms. The van der Waals surface area contributed by atoms with Gasteiger partial charge >= 0.3 is 0 Å². The molecule has 0 atom stereocenters. The monoisotopic (exact) mass is 194 g/mol. The van der Waals surface area contributed by atoms with Gasteiger partial charge in [-0.05, 0) is 26.3 Å². The van der Waals surface area contributed by atoms with Crippen molar-refractivity contribution in [2.45, 2.75) is 40.2 Å². The molecule has 0 aliphatic heterocycles. The number of hydrogen-bond donors (Lipinski definition) is 0. The average Bonchev–Trinajstić information content (AvgIpc) is 1.82. The molecule has 0 amide bonds. The smallest absolute Gasteiger partial charge is 0.103 e. The Balaban J connectivity index is 5.46. The van der Waals surface area contributed by atoms with E-state index in [4.69, 9.17) is 0 Å². The minimum atomic E-state index is -1.69. The van der Waals surface area contributed by atoms with Crippen LogP contribution in [-0.2, 0) is 0 Å². The summed E-state index contributed by atoms with van der Waals surface area (Å²) in [6, 6.07) is 0. The van der Waals surface area contributed by atoms with Gasteiger partial charge in [-0.3, -0.25) is 0 Å². The van der Waals surface area contributed by atoms with Gasteiger partial charge in [0.1, 0.15) is 8.07 Å². The molecule has 0 saturated heterocycles. The van der Waals surface area contributed by atoms with Crippen LogP contribution in [0.5, 0.6) is 0 Å². The number of rotatable bonds is 4. The first-order valence-corrected chi connectivity index (χ1v) is 6.83. The van der Waals surface area contributed by atoms with Gasteiger partial charge in [0.2, 0.25) is 0 Å². The van der Waals surface area contributed by atoms with Gasteiger partial charge < -0.3 is 0 Å². The van der Waals surface area contributed by atoms with E-state index in [1.54, 1.807) is 0 Å². The summed E-state index contributed by atoms with van der Waals surface area (Å²) in [5.74, 6) is 0. The molecule has 0 aromatic carbocycles. The molecule has 0 unspecified atom stereocenters. The van der Waals surface area contributed by atoms with Crippen molar-refractivity contribution in [2.24, 2.45) is 0 Å².